The number of likely N-dealkylation sites (N-methyl/N-ethyl adjacent to an activating group) is 1. The van der Waals surface area contributed by atoms with E-state index in [-0.39, 0.29) is 36.2 Å². The van der Waals surface area contributed by atoms with Gasteiger partial charge < -0.3 is 23.8 Å². The summed E-state index contributed by atoms with van der Waals surface area (Å²) in [4.78, 5) is 37.3. The number of allylic oxidation sites excluding steroid dienone is 10. The lowest BCUT2D eigenvalue weighted by atomic mass is 10.0. The highest BCUT2D eigenvalue weighted by Crippen LogP contribution is 2.16. The highest BCUT2D eigenvalue weighted by atomic mass is 16.6. The van der Waals surface area contributed by atoms with Crippen molar-refractivity contribution in [3.05, 3.63) is 60.8 Å². The predicted molar refractivity (Wildman–Crippen MR) is 294 cm³/mol. The molecule has 0 aliphatic rings. The van der Waals surface area contributed by atoms with Crippen LogP contribution in [0.3, 0.4) is 0 Å². The van der Waals surface area contributed by atoms with E-state index in [9.17, 15) is 19.5 Å². The fourth-order valence-corrected chi connectivity index (χ4v) is 8.49. The molecule has 0 heterocycles. The van der Waals surface area contributed by atoms with Gasteiger partial charge in [-0.3, -0.25) is 9.59 Å². The zero-order chi connectivity index (χ0) is 50.6. The van der Waals surface area contributed by atoms with Gasteiger partial charge in [-0.25, -0.2) is 4.79 Å². The summed E-state index contributed by atoms with van der Waals surface area (Å²) in [5.41, 5.74) is 0. The standard InChI is InChI=1S/C61H109NO7/c1-6-8-10-12-14-16-18-20-22-24-26-28-30-32-34-36-38-40-42-44-46-48-50-52-60(64)69-57(55-67-54-53-58(61(65)66)62(3,4)5)56-68-59(63)51-49-47-45-43-41-39-37-35-33-31-29-27-25-23-21-19-17-15-13-11-9-7-2/h9,11,15,17,21,23,27,29,32,34,57-58H,6-8,10,12-14,16,18-20,22,24-26,28,30-31,33,35-56H2,1-5H3/p+1/b11-9+,17-15+,23-21+,29-27+,34-32+. The van der Waals surface area contributed by atoms with Crippen molar-refractivity contribution in [1.29, 1.82) is 0 Å². The summed E-state index contributed by atoms with van der Waals surface area (Å²) >= 11 is 0. The Morgan fingerprint density at radius 1 is 0.449 bits per heavy atom. The van der Waals surface area contributed by atoms with Crippen LogP contribution in [0.15, 0.2) is 60.8 Å². The van der Waals surface area contributed by atoms with Gasteiger partial charge in [0, 0.05) is 19.3 Å². The molecule has 8 heteroatoms. The normalized spacial score (nSPS) is 13.2. The first-order valence-corrected chi connectivity index (χ1v) is 28.8. The topological polar surface area (TPSA) is 99.1 Å². The van der Waals surface area contributed by atoms with E-state index in [1.165, 1.54) is 154 Å². The minimum Gasteiger partial charge on any atom is -0.477 e. The summed E-state index contributed by atoms with van der Waals surface area (Å²) in [6.45, 7) is 4.65. The Labute approximate surface area is 426 Å². The van der Waals surface area contributed by atoms with Crippen LogP contribution in [-0.4, -0.2) is 80.6 Å². The highest BCUT2D eigenvalue weighted by Gasteiger charge is 2.31. The Balaban J connectivity index is 4.18. The lowest BCUT2D eigenvalue weighted by molar-refractivity contribution is -0.887. The fraction of sp³-hybridized carbons (Fsp3) is 0.787. The van der Waals surface area contributed by atoms with Crippen molar-refractivity contribution in [3.63, 3.8) is 0 Å². The second kappa shape index (κ2) is 51.4. The molecule has 0 rings (SSSR count). The minimum absolute atomic E-state index is 0.0564. The summed E-state index contributed by atoms with van der Waals surface area (Å²) in [6, 6.07) is -0.619. The van der Waals surface area contributed by atoms with E-state index in [2.05, 4.69) is 74.6 Å². The molecule has 0 amide bonds. The zero-order valence-electron chi connectivity index (χ0n) is 45.8. The summed E-state index contributed by atoms with van der Waals surface area (Å²) < 4.78 is 17.4. The van der Waals surface area contributed by atoms with E-state index >= 15 is 0 Å². The molecule has 0 radical (unpaired) electrons. The van der Waals surface area contributed by atoms with Crippen LogP contribution in [-0.2, 0) is 28.6 Å². The molecule has 0 aromatic carbocycles. The van der Waals surface area contributed by atoms with Gasteiger partial charge in [-0.1, -0.05) is 222 Å². The van der Waals surface area contributed by atoms with Crippen LogP contribution in [0.4, 0.5) is 0 Å². The largest absolute Gasteiger partial charge is 0.477 e. The highest BCUT2D eigenvalue weighted by molar-refractivity contribution is 5.72. The number of rotatable bonds is 52. The van der Waals surface area contributed by atoms with Gasteiger partial charge in [0.25, 0.3) is 0 Å². The lowest BCUT2D eigenvalue weighted by Gasteiger charge is -2.31. The third-order valence-corrected chi connectivity index (χ3v) is 12.9. The lowest BCUT2D eigenvalue weighted by Crippen LogP contribution is -2.50. The maximum Gasteiger partial charge on any atom is 0.362 e. The second-order valence-corrected chi connectivity index (χ2v) is 20.5. The van der Waals surface area contributed by atoms with Crippen molar-refractivity contribution in [2.75, 3.05) is 41.0 Å². The number of hydrogen-bond acceptors (Lipinski definition) is 6. The molecule has 69 heavy (non-hydrogen) atoms. The number of hydrogen-bond donors (Lipinski definition) is 1. The molecule has 2 unspecified atom stereocenters. The van der Waals surface area contributed by atoms with Gasteiger partial charge in [0.2, 0.25) is 0 Å². The molecule has 0 aromatic heterocycles. The second-order valence-electron chi connectivity index (χ2n) is 20.5. The molecule has 0 spiro atoms. The summed E-state index contributed by atoms with van der Waals surface area (Å²) in [5.74, 6) is -1.47. The van der Waals surface area contributed by atoms with E-state index in [1.807, 2.05) is 21.1 Å². The Morgan fingerprint density at radius 3 is 1.22 bits per heavy atom. The van der Waals surface area contributed by atoms with Crippen LogP contribution in [0.5, 0.6) is 0 Å². The van der Waals surface area contributed by atoms with Crippen molar-refractivity contribution in [1.82, 2.24) is 0 Å². The SMILES string of the molecule is CC/C=C/C/C=C/C/C=C/C/C=C/CCCCCCCCCCCC(=O)OCC(COCCC(C(=O)O)[N+](C)(C)C)OC(=O)CCCCCCCCC/C=C/CCCCCCCCCCCCCC. The van der Waals surface area contributed by atoms with Crippen LogP contribution in [0.25, 0.3) is 0 Å². The first kappa shape index (κ1) is 66.0. The van der Waals surface area contributed by atoms with Crippen LogP contribution < -0.4 is 0 Å². The fourth-order valence-electron chi connectivity index (χ4n) is 8.49. The van der Waals surface area contributed by atoms with Crippen molar-refractivity contribution in [2.45, 2.75) is 270 Å². The summed E-state index contributed by atoms with van der Waals surface area (Å²) in [5, 5.41) is 9.68. The first-order chi connectivity index (χ1) is 33.6. The Bertz CT molecular complexity index is 1310. The maximum absolute atomic E-state index is 12.8. The molecule has 2 atom stereocenters. The van der Waals surface area contributed by atoms with Gasteiger partial charge in [0.05, 0.1) is 34.4 Å². The van der Waals surface area contributed by atoms with E-state index in [4.69, 9.17) is 14.2 Å². The number of carboxylic acid groups (broad SMARTS) is 1. The van der Waals surface area contributed by atoms with Crippen LogP contribution in [0.2, 0.25) is 0 Å². The monoisotopic (exact) mass is 969 g/mol. The quantitative estimate of drug-likeness (QED) is 0.0280. The first-order valence-electron chi connectivity index (χ1n) is 28.8. The molecule has 0 bridgehead atoms. The van der Waals surface area contributed by atoms with E-state index in [1.54, 1.807) is 0 Å². The Morgan fingerprint density at radius 2 is 0.812 bits per heavy atom. The number of carbonyl (C=O) groups is 3. The molecular formula is C61H110NO7+. The Kier molecular flexibility index (Phi) is 49.2. The van der Waals surface area contributed by atoms with E-state index in [0.29, 0.717) is 19.3 Å². The number of ether oxygens (including phenoxy) is 3. The zero-order valence-corrected chi connectivity index (χ0v) is 45.8. The van der Waals surface area contributed by atoms with E-state index in [0.717, 1.165) is 70.6 Å². The average Bonchev–Trinajstić information content (AvgIpc) is 3.31. The Hall–Kier alpha value is -2.97. The molecule has 0 fully saturated rings. The van der Waals surface area contributed by atoms with Crippen molar-refractivity contribution in [2.24, 2.45) is 0 Å². The molecule has 0 saturated heterocycles. The summed E-state index contributed by atoms with van der Waals surface area (Å²) in [6.07, 6.45) is 65.7. The molecule has 0 aromatic rings. The molecule has 1 N–H and O–H groups in total. The van der Waals surface area contributed by atoms with Crippen molar-refractivity contribution in [3.8, 4) is 0 Å². The molecule has 0 aliphatic carbocycles. The third kappa shape index (κ3) is 49.8. The molecule has 0 saturated carbocycles. The van der Waals surface area contributed by atoms with Gasteiger partial charge in [-0.2, -0.15) is 0 Å². The molecule has 8 nitrogen and oxygen atoms in total. The number of esters is 2. The van der Waals surface area contributed by atoms with Crippen LogP contribution in [0, 0.1) is 0 Å². The molecule has 0 aliphatic heterocycles. The van der Waals surface area contributed by atoms with Gasteiger partial charge >= 0.3 is 17.9 Å². The van der Waals surface area contributed by atoms with Gasteiger partial charge in [0.1, 0.15) is 6.61 Å². The third-order valence-electron chi connectivity index (χ3n) is 12.9. The molecule has 400 valence electrons. The number of aliphatic carboxylic acids is 1. The number of unbranched alkanes of at least 4 members (excludes halogenated alkanes) is 28. The number of quaternary nitrogens is 1. The predicted octanol–water partition coefficient (Wildman–Crippen LogP) is 17.3. The van der Waals surface area contributed by atoms with Gasteiger partial charge in [-0.05, 0) is 77.0 Å². The van der Waals surface area contributed by atoms with Crippen molar-refractivity contribution >= 4 is 17.9 Å². The van der Waals surface area contributed by atoms with Gasteiger partial charge in [-0.15, -0.1) is 0 Å². The number of carbonyl (C=O) groups excluding carboxylic acids is 2. The number of carboxylic acids is 1. The van der Waals surface area contributed by atoms with Crippen molar-refractivity contribution < 1.29 is 38.2 Å². The minimum atomic E-state index is -0.875. The summed E-state index contributed by atoms with van der Waals surface area (Å²) in [7, 11) is 5.54. The van der Waals surface area contributed by atoms with Crippen LogP contribution >= 0.6 is 0 Å². The maximum atomic E-state index is 12.8. The average molecular weight is 970 g/mol. The van der Waals surface area contributed by atoms with E-state index < -0.39 is 18.1 Å². The number of nitrogens with zero attached hydrogens (tertiary/aromatic N) is 1. The van der Waals surface area contributed by atoms with Gasteiger partial charge in [0.15, 0.2) is 12.1 Å². The molecular weight excluding hydrogens is 859 g/mol. The smallest absolute Gasteiger partial charge is 0.362 e. The van der Waals surface area contributed by atoms with Crippen LogP contribution in [0.1, 0.15) is 258 Å².